The molecule has 0 aromatic heterocycles. The average Bonchev–Trinajstić information content (AvgIpc) is 2.93. The Morgan fingerprint density at radius 1 is 1.24 bits per heavy atom. The molecule has 1 aliphatic rings. The fraction of sp³-hybridized carbons (Fsp3) is 0.292. The summed E-state index contributed by atoms with van der Waals surface area (Å²) in [6.45, 7) is 7.44. The van der Waals surface area contributed by atoms with E-state index in [1.54, 1.807) is 0 Å². The number of ether oxygens (including phenoxy) is 2. The molecule has 0 saturated carbocycles. The van der Waals surface area contributed by atoms with E-state index in [9.17, 15) is 4.79 Å². The van der Waals surface area contributed by atoms with Gasteiger partial charge in [0.25, 0.3) is 5.91 Å². The molecule has 0 aliphatic carbocycles. The Bertz CT molecular complexity index is 988. The van der Waals surface area contributed by atoms with Crippen LogP contribution in [0.5, 0.6) is 11.5 Å². The van der Waals surface area contributed by atoms with Crippen LogP contribution in [-0.2, 0) is 4.79 Å². The zero-order valence-corrected chi connectivity index (χ0v) is 18.5. The van der Waals surface area contributed by atoms with Crippen molar-refractivity contribution in [2.75, 3.05) is 24.7 Å². The van der Waals surface area contributed by atoms with E-state index in [1.165, 1.54) is 0 Å². The maximum Gasteiger partial charge on any atom is 0.259 e. The van der Waals surface area contributed by atoms with Crippen molar-refractivity contribution in [2.45, 2.75) is 20.8 Å². The number of hydrogen-bond donors (Lipinski definition) is 0. The van der Waals surface area contributed by atoms with E-state index in [-0.39, 0.29) is 12.5 Å². The van der Waals surface area contributed by atoms with E-state index in [2.05, 4.69) is 35.7 Å². The number of rotatable bonds is 7. The van der Waals surface area contributed by atoms with Gasteiger partial charge >= 0.3 is 0 Å². The largest absolute Gasteiger partial charge is 0.490 e. The molecule has 4 nitrogen and oxygen atoms in total. The molecule has 1 amide bonds. The number of hydrogen-bond acceptors (Lipinski definition) is 3. The minimum absolute atomic E-state index is 0.0154. The predicted molar refractivity (Wildman–Crippen MR) is 121 cm³/mol. The van der Waals surface area contributed by atoms with Gasteiger partial charge in [0.15, 0.2) is 11.5 Å². The number of carbonyl (C=O) groups is 1. The van der Waals surface area contributed by atoms with Gasteiger partial charge in [0.1, 0.15) is 6.61 Å². The van der Waals surface area contributed by atoms with Gasteiger partial charge in [-0.25, -0.2) is 0 Å². The lowest BCUT2D eigenvalue weighted by atomic mass is 10.0. The van der Waals surface area contributed by atoms with E-state index in [0.717, 1.165) is 21.3 Å². The first-order valence-corrected chi connectivity index (χ1v) is 10.4. The van der Waals surface area contributed by atoms with Crippen LogP contribution >= 0.6 is 15.9 Å². The summed E-state index contributed by atoms with van der Waals surface area (Å²) in [5.41, 5.74) is 3.42. The van der Waals surface area contributed by atoms with Crippen molar-refractivity contribution in [3.8, 4) is 23.8 Å². The van der Waals surface area contributed by atoms with Crippen LogP contribution in [0.1, 0.15) is 31.9 Å². The number of carbonyl (C=O) groups excluding carboxylic acids is 1. The van der Waals surface area contributed by atoms with Crippen molar-refractivity contribution in [1.82, 2.24) is 0 Å². The van der Waals surface area contributed by atoms with Crippen LogP contribution in [0.15, 0.2) is 40.9 Å². The Hall–Kier alpha value is -2.71. The van der Waals surface area contributed by atoms with Crippen LogP contribution in [-0.4, -0.2) is 25.7 Å². The number of nitrogens with zero attached hydrogens (tertiary/aromatic N) is 1. The molecule has 0 spiro atoms. The molecule has 0 saturated heterocycles. The molecule has 2 aromatic carbocycles. The first-order valence-electron chi connectivity index (χ1n) is 9.61. The number of amides is 1. The quantitative estimate of drug-likeness (QED) is 0.415. The minimum Gasteiger partial charge on any atom is -0.490 e. The predicted octanol–water partition coefficient (Wildman–Crippen LogP) is 5.40. The molecule has 0 unspecified atom stereocenters. The molecule has 1 heterocycles. The lowest BCUT2D eigenvalue weighted by Crippen LogP contribution is -2.30. The third kappa shape index (κ3) is 4.49. The van der Waals surface area contributed by atoms with Gasteiger partial charge in [-0.05, 0) is 58.6 Å². The second-order valence-corrected chi connectivity index (χ2v) is 7.99. The zero-order chi connectivity index (χ0) is 21.0. The highest BCUT2D eigenvalue weighted by atomic mass is 79.9. The van der Waals surface area contributed by atoms with Crippen molar-refractivity contribution >= 4 is 39.2 Å². The van der Waals surface area contributed by atoms with Crippen LogP contribution in [0.2, 0.25) is 0 Å². The Morgan fingerprint density at radius 2 is 2.00 bits per heavy atom. The summed E-state index contributed by atoms with van der Waals surface area (Å²) >= 11 is 3.54. The van der Waals surface area contributed by atoms with Gasteiger partial charge in [-0.2, -0.15) is 0 Å². The van der Waals surface area contributed by atoms with Gasteiger partial charge in [0.05, 0.1) is 16.8 Å². The van der Waals surface area contributed by atoms with Gasteiger partial charge in [0.2, 0.25) is 0 Å². The maximum atomic E-state index is 13.2. The van der Waals surface area contributed by atoms with Crippen molar-refractivity contribution < 1.29 is 14.3 Å². The SMILES string of the molecule is C#CCOc1c(Br)cc(/C=C2\C(=O)N(CC(C)C)c3ccccc32)cc1OCC. The Labute approximate surface area is 180 Å². The lowest BCUT2D eigenvalue weighted by Gasteiger charge is -2.19. The number of anilines is 1. The summed E-state index contributed by atoms with van der Waals surface area (Å²) in [6.07, 6.45) is 7.22. The minimum atomic E-state index is 0.0154. The van der Waals surface area contributed by atoms with E-state index < -0.39 is 0 Å². The Balaban J connectivity index is 2.05. The summed E-state index contributed by atoms with van der Waals surface area (Å²) < 4.78 is 12.1. The van der Waals surface area contributed by atoms with Gasteiger partial charge in [-0.3, -0.25) is 4.79 Å². The lowest BCUT2D eigenvalue weighted by molar-refractivity contribution is -0.113. The van der Waals surface area contributed by atoms with Crippen LogP contribution in [0.4, 0.5) is 5.69 Å². The van der Waals surface area contributed by atoms with Gasteiger partial charge < -0.3 is 14.4 Å². The number of terminal acetylenes is 1. The second kappa shape index (κ2) is 9.19. The van der Waals surface area contributed by atoms with Crippen LogP contribution in [0.25, 0.3) is 11.6 Å². The molecule has 0 atom stereocenters. The highest BCUT2D eigenvalue weighted by molar-refractivity contribution is 9.10. The molecule has 3 rings (SSSR count). The molecular formula is C24H24BrNO3. The molecule has 2 aromatic rings. The van der Waals surface area contributed by atoms with E-state index >= 15 is 0 Å². The van der Waals surface area contributed by atoms with E-state index in [4.69, 9.17) is 15.9 Å². The van der Waals surface area contributed by atoms with Crippen molar-refractivity contribution in [1.29, 1.82) is 0 Å². The van der Waals surface area contributed by atoms with Gasteiger partial charge in [0, 0.05) is 17.7 Å². The molecule has 5 heteroatoms. The third-order valence-electron chi connectivity index (χ3n) is 4.45. The summed E-state index contributed by atoms with van der Waals surface area (Å²) in [7, 11) is 0. The monoisotopic (exact) mass is 453 g/mol. The number of halogens is 1. The number of fused-ring (bicyclic) bond motifs is 1. The fourth-order valence-corrected chi connectivity index (χ4v) is 3.92. The number of para-hydroxylation sites is 1. The molecule has 1 aliphatic heterocycles. The molecule has 0 N–H and O–H groups in total. The fourth-order valence-electron chi connectivity index (χ4n) is 3.35. The van der Waals surface area contributed by atoms with E-state index in [1.807, 2.05) is 54.3 Å². The van der Waals surface area contributed by atoms with Crippen LogP contribution in [0, 0.1) is 18.3 Å². The first kappa shape index (κ1) is 21.0. The average molecular weight is 454 g/mol. The number of benzene rings is 2. The molecule has 0 bridgehead atoms. The van der Waals surface area contributed by atoms with E-state index in [0.29, 0.717) is 36.1 Å². The maximum absolute atomic E-state index is 13.2. The summed E-state index contributed by atoms with van der Waals surface area (Å²) in [5.74, 6) is 4.00. The molecular weight excluding hydrogens is 430 g/mol. The van der Waals surface area contributed by atoms with Crippen molar-refractivity contribution in [2.24, 2.45) is 5.92 Å². The Morgan fingerprint density at radius 3 is 2.69 bits per heavy atom. The Kier molecular flexibility index (Phi) is 6.66. The molecule has 0 radical (unpaired) electrons. The normalized spacial score (nSPS) is 14.3. The van der Waals surface area contributed by atoms with Crippen molar-refractivity contribution in [3.05, 3.63) is 52.0 Å². The van der Waals surface area contributed by atoms with Gasteiger partial charge in [-0.1, -0.05) is 38.0 Å². The summed E-state index contributed by atoms with van der Waals surface area (Å²) in [5, 5.41) is 0. The summed E-state index contributed by atoms with van der Waals surface area (Å²) in [4.78, 5) is 15.0. The highest BCUT2D eigenvalue weighted by Crippen LogP contribution is 2.41. The van der Waals surface area contributed by atoms with Crippen molar-refractivity contribution in [3.63, 3.8) is 0 Å². The molecule has 0 fully saturated rings. The standard InChI is InChI=1S/C24H24BrNO3/c1-5-11-29-23-20(25)13-17(14-22(23)28-6-2)12-19-18-9-7-8-10-21(18)26(24(19)27)15-16(3)4/h1,7-10,12-14,16H,6,11,15H2,2-4H3/b19-12-. The van der Waals surface area contributed by atoms with Crippen LogP contribution in [0.3, 0.4) is 0 Å². The second-order valence-electron chi connectivity index (χ2n) is 7.14. The van der Waals surface area contributed by atoms with Gasteiger partial charge in [-0.15, -0.1) is 6.42 Å². The third-order valence-corrected chi connectivity index (χ3v) is 5.04. The summed E-state index contributed by atoms with van der Waals surface area (Å²) in [6, 6.07) is 11.7. The zero-order valence-electron chi connectivity index (χ0n) is 16.9. The van der Waals surface area contributed by atoms with Crippen LogP contribution < -0.4 is 14.4 Å². The highest BCUT2D eigenvalue weighted by Gasteiger charge is 2.32. The topological polar surface area (TPSA) is 38.8 Å². The molecule has 150 valence electrons. The first-order chi connectivity index (χ1) is 14.0. The molecule has 29 heavy (non-hydrogen) atoms. The smallest absolute Gasteiger partial charge is 0.259 e.